The molecule has 26 heavy (non-hydrogen) atoms. The van der Waals surface area contributed by atoms with Crippen molar-refractivity contribution in [2.24, 2.45) is 15.3 Å². The van der Waals surface area contributed by atoms with Gasteiger partial charge in [-0.15, -0.1) is 15.7 Å². The molecule has 140 valence electrons. The van der Waals surface area contributed by atoms with Crippen LogP contribution in [0.1, 0.15) is 5.69 Å². The zero-order chi connectivity index (χ0) is 18.8. The van der Waals surface area contributed by atoms with Crippen molar-refractivity contribution in [2.45, 2.75) is 10.6 Å². The zero-order valence-corrected chi connectivity index (χ0v) is 17.5. The highest BCUT2D eigenvalue weighted by molar-refractivity contribution is 9.10. The van der Waals surface area contributed by atoms with Gasteiger partial charge in [-0.2, -0.15) is 25.3 Å². The van der Waals surface area contributed by atoms with E-state index >= 15 is 0 Å². The second-order valence-corrected chi connectivity index (χ2v) is 9.25. The lowest BCUT2D eigenvalue weighted by Gasteiger charge is -2.01. The quantitative estimate of drug-likeness (QED) is 0.158. The fourth-order valence-corrected chi connectivity index (χ4v) is 4.30. The van der Waals surface area contributed by atoms with E-state index < -0.39 is 10.0 Å². The van der Waals surface area contributed by atoms with E-state index in [4.69, 9.17) is 5.84 Å². The third-order valence-electron chi connectivity index (χ3n) is 2.85. The summed E-state index contributed by atoms with van der Waals surface area (Å²) in [6, 6.07) is 6.33. The molecule has 0 bridgehead atoms. The summed E-state index contributed by atoms with van der Waals surface area (Å²) < 4.78 is 28.4. The number of thiazole rings is 1. The minimum absolute atomic E-state index is 0.153. The summed E-state index contributed by atoms with van der Waals surface area (Å²) in [6.07, 6.45) is 2.59. The van der Waals surface area contributed by atoms with Crippen LogP contribution in [0.4, 0.5) is 5.13 Å². The van der Waals surface area contributed by atoms with E-state index in [0.29, 0.717) is 6.54 Å². The normalized spacial score (nSPS) is 12.0. The Labute approximate surface area is 168 Å². The minimum Gasteiger partial charge on any atom is -0.375 e. The highest BCUT2D eigenvalue weighted by atomic mass is 79.9. The maximum absolute atomic E-state index is 12.0. The van der Waals surface area contributed by atoms with Gasteiger partial charge < -0.3 is 16.5 Å². The van der Waals surface area contributed by atoms with Crippen molar-refractivity contribution in [3.8, 4) is 0 Å². The van der Waals surface area contributed by atoms with E-state index in [1.54, 1.807) is 23.9 Å². The van der Waals surface area contributed by atoms with Crippen molar-refractivity contribution >= 4 is 66.9 Å². The maximum atomic E-state index is 12.0. The molecule has 12 heteroatoms. The molecule has 0 spiro atoms. The average Bonchev–Trinajstić information content (AvgIpc) is 3.07. The molecule has 0 unspecified atom stereocenters. The number of aromatic nitrogens is 1. The van der Waals surface area contributed by atoms with Crippen LogP contribution in [-0.4, -0.2) is 38.4 Å². The standard InChI is InChI=1S/C14H17BrN6O2S3/c15-11-1-3-13(4-2-11)26(22,23)20-9-17-5-6-24-7-12-8-25-14(21-12)18-10-19-16/h1-4,8-10H,5-7,16H2,(H,17,20)(H,18,19,21). The number of nitrogens with zero attached hydrogens (tertiary/aromatic N) is 3. The summed E-state index contributed by atoms with van der Waals surface area (Å²) in [7, 11) is -3.67. The van der Waals surface area contributed by atoms with Crippen LogP contribution in [0.2, 0.25) is 0 Å². The number of hydrazone groups is 1. The van der Waals surface area contributed by atoms with Crippen molar-refractivity contribution in [3.63, 3.8) is 0 Å². The van der Waals surface area contributed by atoms with Crippen LogP contribution in [-0.2, 0) is 15.8 Å². The number of rotatable bonds is 10. The van der Waals surface area contributed by atoms with Gasteiger partial charge in [0.05, 0.1) is 10.6 Å². The second kappa shape index (κ2) is 10.5. The van der Waals surface area contributed by atoms with Gasteiger partial charge in [0.15, 0.2) is 5.13 Å². The van der Waals surface area contributed by atoms with Gasteiger partial charge in [-0.25, -0.2) is 4.98 Å². The smallest absolute Gasteiger partial charge is 0.283 e. The first-order valence-corrected chi connectivity index (χ1v) is 11.6. The van der Waals surface area contributed by atoms with Gasteiger partial charge in [0.25, 0.3) is 10.0 Å². The van der Waals surface area contributed by atoms with Crippen LogP contribution in [0.15, 0.2) is 48.5 Å². The molecule has 0 radical (unpaired) electrons. The molecule has 1 aromatic heterocycles. The Bertz CT molecular complexity index is 852. The Hall–Kier alpha value is -1.63. The average molecular weight is 477 g/mol. The maximum Gasteiger partial charge on any atom is 0.283 e. The van der Waals surface area contributed by atoms with Crippen LogP contribution in [0, 0.1) is 0 Å². The van der Waals surface area contributed by atoms with Gasteiger partial charge in [0, 0.05) is 27.9 Å². The van der Waals surface area contributed by atoms with E-state index in [2.05, 4.69) is 41.0 Å². The molecule has 0 atom stereocenters. The van der Waals surface area contributed by atoms with Gasteiger partial charge in [0.2, 0.25) is 0 Å². The zero-order valence-electron chi connectivity index (χ0n) is 13.5. The number of halogens is 1. The number of hydrogen-bond acceptors (Lipinski definition) is 7. The summed E-state index contributed by atoms with van der Waals surface area (Å²) in [6.45, 7) is 0.596. The molecule has 0 saturated heterocycles. The van der Waals surface area contributed by atoms with Crippen LogP contribution in [0.5, 0.6) is 0 Å². The molecule has 0 aliphatic heterocycles. The lowest BCUT2D eigenvalue weighted by Crippen LogP contribution is -2.16. The third kappa shape index (κ3) is 6.94. The Balaban J connectivity index is 1.67. The third-order valence-corrected chi connectivity index (χ3v) is 6.44. The Morgan fingerprint density at radius 3 is 2.81 bits per heavy atom. The summed E-state index contributed by atoms with van der Waals surface area (Å²) in [5.74, 6) is 6.55. The van der Waals surface area contributed by atoms with Crippen molar-refractivity contribution in [1.82, 2.24) is 10.3 Å². The fraction of sp³-hybridized carbons (Fsp3) is 0.214. The van der Waals surface area contributed by atoms with E-state index in [1.807, 2.05) is 5.38 Å². The molecule has 2 rings (SSSR count). The number of nitrogens with one attached hydrogen (secondary N) is 2. The van der Waals surface area contributed by atoms with Gasteiger partial charge in [-0.1, -0.05) is 15.9 Å². The fourth-order valence-electron chi connectivity index (χ4n) is 1.68. The predicted octanol–water partition coefficient (Wildman–Crippen LogP) is 2.46. The SMILES string of the molecule is NN=CNc1nc(CSCCNC=NS(=O)(=O)c2ccc(Br)cc2)cs1. The first kappa shape index (κ1) is 20.7. The van der Waals surface area contributed by atoms with E-state index in [1.165, 1.54) is 36.1 Å². The highest BCUT2D eigenvalue weighted by Gasteiger charge is 2.10. The topological polar surface area (TPSA) is 122 Å². The molecule has 2 aromatic rings. The minimum atomic E-state index is -3.67. The number of anilines is 1. The van der Waals surface area contributed by atoms with Crippen molar-refractivity contribution < 1.29 is 8.42 Å². The monoisotopic (exact) mass is 476 g/mol. The molecule has 1 heterocycles. The number of benzene rings is 1. The molecule has 0 saturated carbocycles. The lowest BCUT2D eigenvalue weighted by atomic mass is 10.4. The summed E-state index contributed by atoms with van der Waals surface area (Å²) in [4.78, 5) is 4.52. The van der Waals surface area contributed by atoms with Crippen molar-refractivity contribution in [2.75, 3.05) is 17.6 Å². The highest BCUT2D eigenvalue weighted by Crippen LogP contribution is 2.19. The largest absolute Gasteiger partial charge is 0.375 e. The summed E-state index contributed by atoms with van der Waals surface area (Å²) in [5, 5.41) is 11.8. The number of nitrogens with two attached hydrogens (primary N) is 1. The first-order valence-electron chi connectivity index (χ1n) is 7.29. The lowest BCUT2D eigenvalue weighted by molar-refractivity contribution is 0.598. The van der Waals surface area contributed by atoms with Gasteiger partial charge in [0.1, 0.15) is 12.7 Å². The molecular weight excluding hydrogens is 460 g/mol. The molecule has 0 fully saturated rings. The molecule has 0 aliphatic carbocycles. The Morgan fingerprint density at radius 1 is 1.31 bits per heavy atom. The number of sulfonamides is 1. The Morgan fingerprint density at radius 2 is 2.08 bits per heavy atom. The van der Waals surface area contributed by atoms with Crippen LogP contribution in [0.25, 0.3) is 0 Å². The van der Waals surface area contributed by atoms with E-state index in [0.717, 1.165) is 26.8 Å². The van der Waals surface area contributed by atoms with E-state index in [-0.39, 0.29) is 4.90 Å². The molecule has 8 nitrogen and oxygen atoms in total. The molecule has 0 amide bonds. The number of hydrogen-bond donors (Lipinski definition) is 3. The van der Waals surface area contributed by atoms with Crippen LogP contribution < -0.4 is 16.5 Å². The van der Waals surface area contributed by atoms with Crippen molar-refractivity contribution in [3.05, 3.63) is 39.8 Å². The van der Waals surface area contributed by atoms with Gasteiger partial charge in [-0.05, 0) is 24.3 Å². The molecule has 4 N–H and O–H groups in total. The molecule has 0 aliphatic rings. The van der Waals surface area contributed by atoms with Gasteiger partial charge in [-0.3, -0.25) is 0 Å². The molecular formula is C14H17BrN6O2S3. The Kier molecular flexibility index (Phi) is 8.35. The predicted molar refractivity (Wildman–Crippen MR) is 112 cm³/mol. The van der Waals surface area contributed by atoms with Gasteiger partial charge >= 0.3 is 0 Å². The van der Waals surface area contributed by atoms with Crippen LogP contribution in [0.3, 0.4) is 0 Å². The first-order chi connectivity index (χ1) is 12.5. The van der Waals surface area contributed by atoms with Crippen LogP contribution >= 0.6 is 39.0 Å². The molecule has 1 aromatic carbocycles. The number of thioether (sulfide) groups is 1. The summed E-state index contributed by atoms with van der Waals surface area (Å²) >= 11 is 6.42. The summed E-state index contributed by atoms with van der Waals surface area (Å²) in [5.41, 5.74) is 0.958. The van der Waals surface area contributed by atoms with Crippen molar-refractivity contribution in [1.29, 1.82) is 0 Å². The van der Waals surface area contributed by atoms with E-state index in [9.17, 15) is 8.42 Å². The second-order valence-electron chi connectivity index (χ2n) is 4.74.